The van der Waals surface area contributed by atoms with Crippen LogP contribution in [-0.2, 0) is 13.1 Å². The van der Waals surface area contributed by atoms with Gasteiger partial charge in [-0.05, 0) is 42.0 Å². The van der Waals surface area contributed by atoms with E-state index in [2.05, 4.69) is 15.4 Å². The van der Waals surface area contributed by atoms with Gasteiger partial charge in [-0.3, -0.25) is 4.98 Å². The molecule has 6 nitrogen and oxygen atoms in total. The molecule has 0 radical (unpaired) electrons. The van der Waals surface area contributed by atoms with E-state index in [4.69, 9.17) is 4.74 Å². The molecule has 7 heteroatoms. The van der Waals surface area contributed by atoms with Gasteiger partial charge in [-0.1, -0.05) is 12.1 Å². The molecule has 0 saturated carbocycles. The normalized spacial score (nSPS) is 10.6. The highest BCUT2D eigenvalue weighted by Gasteiger charge is 2.06. The fraction of sp³-hybridized carbons (Fsp3) is 0.176. The summed E-state index contributed by atoms with van der Waals surface area (Å²) in [5, 5.41) is 7.42. The summed E-state index contributed by atoms with van der Waals surface area (Å²) >= 11 is 0. The van der Waals surface area contributed by atoms with Crippen LogP contribution in [0.1, 0.15) is 11.4 Å². The number of H-pyrrole nitrogens is 1. The second kappa shape index (κ2) is 6.99. The molecular weight excluding hydrogens is 311 g/mol. The van der Waals surface area contributed by atoms with E-state index < -0.39 is 0 Å². The minimum absolute atomic E-state index is 0.290. The lowest BCUT2D eigenvalue weighted by Crippen LogP contribution is -2.18. The maximum absolute atomic E-state index is 12.9. The van der Waals surface area contributed by atoms with Crippen LogP contribution in [0.2, 0.25) is 0 Å². The number of hydrogen-bond acceptors (Lipinski definition) is 4. The maximum atomic E-state index is 12.9. The van der Waals surface area contributed by atoms with Crippen molar-refractivity contribution in [3.05, 3.63) is 76.2 Å². The number of aromatic nitrogens is 3. The van der Waals surface area contributed by atoms with Gasteiger partial charge >= 0.3 is 5.69 Å². The summed E-state index contributed by atoms with van der Waals surface area (Å²) in [6, 6.07) is 13.4. The number of anilines is 1. The zero-order valence-corrected chi connectivity index (χ0v) is 13.1. The fourth-order valence-electron chi connectivity index (χ4n) is 2.25. The Morgan fingerprint density at radius 3 is 2.54 bits per heavy atom. The molecule has 0 bridgehead atoms. The van der Waals surface area contributed by atoms with Crippen LogP contribution in [0.3, 0.4) is 0 Å². The molecule has 0 aliphatic carbocycles. The number of methoxy groups -OCH3 is 1. The van der Waals surface area contributed by atoms with Crippen molar-refractivity contribution in [3.8, 4) is 5.75 Å². The highest BCUT2D eigenvalue weighted by molar-refractivity contribution is 5.46. The Bertz CT molecular complexity index is 854. The van der Waals surface area contributed by atoms with E-state index >= 15 is 0 Å². The van der Waals surface area contributed by atoms with E-state index in [0.717, 1.165) is 17.0 Å². The molecule has 0 unspecified atom stereocenters. The molecule has 2 aromatic carbocycles. The number of nitrogens with zero attached hydrogens (tertiary/aromatic N) is 2. The van der Waals surface area contributed by atoms with Crippen molar-refractivity contribution in [2.75, 3.05) is 12.4 Å². The molecule has 3 rings (SSSR count). The molecule has 1 aromatic heterocycles. The first kappa shape index (κ1) is 15.8. The number of aromatic amines is 1. The van der Waals surface area contributed by atoms with Crippen molar-refractivity contribution in [2.45, 2.75) is 13.1 Å². The Morgan fingerprint density at radius 1 is 1.17 bits per heavy atom. The third-order valence-corrected chi connectivity index (χ3v) is 3.52. The SMILES string of the molecule is COc1ccc(NCc2nn(Cc3ccc(F)cc3)c(=O)[nH]2)cc1. The first-order valence-corrected chi connectivity index (χ1v) is 7.42. The molecule has 24 heavy (non-hydrogen) atoms. The molecule has 0 saturated heterocycles. The molecule has 3 aromatic rings. The van der Waals surface area contributed by atoms with Crippen molar-refractivity contribution in [1.82, 2.24) is 14.8 Å². The highest BCUT2D eigenvalue weighted by atomic mass is 19.1. The third-order valence-electron chi connectivity index (χ3n) is 3.52. The number of halogens is 1. The zero-order valence-electron chi connectivity index (χ0n) is 13.1. The van der Waals surface area contributed by atoms with E-state index in [-0.39, 0.29) is 18.1 Å². The van der Waals surface area contributed by atoms with Gasteiger partial charge in [0, 0.05) is 5.69 Å². The van der Waals surface area contributed by atoms with Gasteiger partial charge in [0.25, 0.3) is 0 Å². The van der Waals surface area contributed by atoms with E-state index in [9.17, 15) is 9.18 Å². The Morgan fingerprint density at radius 2 is 1.88 bits per heavy atom. The fourth-order valence-corrected chi connectivity index (χ4v) is 2.25. The summed E-state index contributed by atoms with van der Waals surface area (Å²) in [5.41, 5.74) is 1.40. The van der Waals surface area contributed by atoms with Crippen LogP contribution < -0.4 is 15.7 Å². The molecule has 0 aliphatic rings. The van der Waals surface area contributed by atoms with Gasteiger partial charge in [-0.25, -0.2) is 13.9 Å². The van der Waals surface area contributed by atoms with Crippen LogP contribution in [0.15, 0.2) is 53.3 Å². The predicted octanol–water partition coefficient (Wildman–Crippen LogP) is 2.38. The second-order valence-electron chi connectivity index (χ2n) is 5.24. The standard InChI is InChI=1S/C17H17FN4O2/c1-24-15-8-6-14(7-9-15)19-10-16-20-17(23)22(21-16)11-12-2-4-13(18)5-3-12/h2-9,19H,10-11H2,1H3,(H,20,21,23). The lowest BCUT2D eigenvalue weighted by Gasteiger charge is -2.05. The molecular formula is C17H17FN4O2. The smallest absolute Gasteiger partial charge is 0.343 e. The van der Waals surface area contributed by atoms with E-state index in [0.29, 0.717) is 12.4 Å². The molecule has 1 heterocycles. The summed E-state index contributed by atoms with van der Waals surface area (Å²) in [6.45, 7) is 0.677. The molecule has 0 amide bonds. The summed E-state index contributed by atoms with van der Waals surface area (Å²) in [6.07, 6.45) is 0. The molecule has 124 valence electrons. The number of ether oxygens (including phenoxy) is 1. The number of nitrogens with one attached hydrogen (secondary N) is 2. The van der Waals surface area contributed by atoms with E-state index in [1.807, 2.05) is 24.3 Å². The molecule has 0 aliphatic heterocycles. The van der Waals surface area contributed by atoms with Crippen molar-refractivity contribution >= 4 is 5.69 Å². The van der Waals surface area contributed by atoms with Crippen molar-refractivity contribution in [1.29, 1.82) is 0 Å². The van der Waals surface area contributed by atoms with Crippen LogP contribution in [0.25, 0.3) is 0 Å². The van der Waals surface area contributed by atoms with Gasteiger partial charge in [0.15, 0.2) is 0 Å². The van der Waals surface area contributed by atoms with Crippen LogP contribution >= 0.6 is 0 Å². The second-order valence-corrected chi connectivity index (χ2v) is 5.24. The number of benzene rings is 2. The van der Waals surface area contributed by atoms with Gasteiger partial charge in [0.1, 0.15) is 17.4 Å². The third kappa shape index (κ3) is 3.81. The Balaban J connectivity index is 1.64. The topological polar surface area (TPSA) is 71.9 Å². The Kier molecular flexibility index (Phi) is 4.60. The predicted molar refractivity (Wildman–Crippen MR) is 88.7 cm³/mol. The first-order chi connectivity index (χ1) is 11.6. The summed E-state index contributed by atoms with van der Waals surface area (Å²) in [7, 11) is 1.61. The largest absolute Gasteiger partial charge is 0.497 e. The summed E-state index contributed by atoms with van der Waals surface area (Å²) < 4.78 is 19.3. The van der Waals surface area contributed by atoms with E-state index in [1.165, 1.54) is 16.8 Å². The minimum atomic E-state index is -0.308. The van der Waals surface area contributed by atoms with Crippen LogP contribution in [-0.4, -0.2) is 21.9 Å². The Hall–Kier alpha value is -3.09. The van der Waals surface area contributed by atoms with Crippen molar-refractivity contribution < 1.29 is 9.13 Å². The number of hydrogen-bond donors (Lipinski definition) is 2. The average Bonchev–Trinajstić information content (AvgIpc) is 2.95. The summed E-state index contributed by atoms with van der Waals surface area (Å²) in [4.78, 5) is 14.6. The van der Waals surface area contributed by atoms with Crippen LogP contribution in [0.4, 0.5) is 10.1 Å². The lowest BCUT2D eigenvalue weighted by atomic mass is 10.2. The molecule has 0 fully saturated rings. The van der Waals surface area contributed by atoms with Gasteiger partial charge in [0.05, 0.1) is 20.2 Å². The molecule has 0 atom stereocenters. The van der Waals surface area contributed by atoms with Crippen LogP contribution in [0, 0.1) is 5.82 Å². The lowest BCUT2D eigenvalue weighted by molar-refractivity contribution is 0.415. The molecule has 2 N–H and O–H groups in total. The number of rotatable bonds is 6. The minimum Gasteiger partial charge on any atom is -0.497 e. The molecule has 0 spiro atoms. The summed E-state index contributed by atoms with van der Waals surface area (Å²) in [5.74, 6) is 0.993. The van der Waals surface area contributed by atoms with Crippen LogP contribution in [0.5, 0.6) is 5.75 Å². The van der Waals surface area contributed by atoms with Gasteiger partial charge in [-0.15, -0.1) is 0 Å². The van der Waals surface area contributed by atoms with Gasteiger partial charge in [-0.2, -0.15) is 5.10 Å². The average molecular weight is 328 g/mol. The quantitative estimate of drug-likeness (QED) is 0.729. The van der Waals surface area contributed by atoms with Gasteiger partial charge < -0.3 is 10.1 Å². The maximum Gasteiger partial charge on any atom is 0.343 e. The highest BCUT2D eigenvalue weighted by Crippen LogP contribution is 2.15. The van der Waals surface area contributed by atoms with E-state index in [1.54, 1.807) is 19.2 Å². The van der Waals surface area contributed by atoms with Gasteiger partial charge in [0.2, 0.25) is 0 Å². The zero-order chi connectivity index (χ0) is 16.9. The monoisotopic (exact) mass is 328 g/mol. The van der Waals surface area contributed by atoms with Crippen molar-refractivity contribution in [3.63, 3.8) is 0 Å². The van der Waals surface area contributed by atoms with Crippen molar-refractivity contribution in [2.24, 2.45) is 0 Å². The Labute approximate surface area is 137 Å². The first-order valence-electron chi connectivity index (χ1n) is 7.42.